The van der Waals surface area contributed by atoms with Gasteiger partial charge in [-0.25, -0.2) is 0 Å². The summed E-state index contributed by atoms with van der Waals surface area (Å²) in [4.78, 5) is 20.8. The maximum atomic E-state index is 10.8. The molecule has 0 heterocycles. The standard InChI is InChI=1S/C9H14O4/c1-2-3-4-7-13-9(12)6-5-8(10)11/h4,7H,2-3,5-6H2,1H3,(H,10,11). The van der Waals surface area contributed by atoms with Gasteiger partial charge in [-0.15, -0.1) is 0 Å². The van der Waals surface area contributed by atoms with E-state index in [4.69, 9.17) is 5.11 Å². The van der Waals surface area contributed by atoms with Crippen LogP contribution in [0, 0.1) is 0 Å². The summed E-state index contributed by atoms with van der Waals surface area (Å²) >= 11 is 0. The first-order valence-electron chi connectivity index (χ1n) is 4.23. The van der Waals surface area contributed by atoms with E-state index in [1.54, 1.807) is 6.08 Å². The number of ether oxygens (including phenoxy) is 1. The minimum Gasteiger partial charge on any atom is -0.481 e. The number of carboxylic acid groups (broad SMARTS) is 1. The van der Waals surface area contributed by atoms with Crippen LogP contribution < -0.4 is 0 Å². The number of carboxylic acids is 1. The number of hydrogen-bond acceptors (Lipinski definition) is 3. The number of esters is 1. The topological polar surface area (TPSA) is 63.6 Å². The van der Waals surface area contributed by atoms with Crippen molar-refractivity contribution in [2.75, 3.05) is 0 Å². The Morgan fingerprint density at radius 1 is 1.38 bits per heavy atom. The van der Waals surface area contributed by atoms with E-state index in [0.29, 0.717) is 0 Å². The quantitative estimate of drug-likeness (QED) is 0.506. The molecule has 0 radical (unpaired) electrons. The molecule has 74 valence electrons. The van der Waals surface area contributed by atoms with Crippen LogP contribution in [0.1, 0.15) is 32.6 Å². The van der Waals surface area contributed by atoms with E-state index in [1.807, 2.05) is 6.92 Å². The second kappa shape index (κ2) is 7.34. The maximum Gasteiger partial charge on any atom is 0.311 e. The Hall–Kier alpha value is -1.32. The lowest BCUT2D eigenvalue weighted by Crippen LogP contribution is -2.03. The van der Waals surface area contributed by atoms with E-state index in [9.17, 15) is 9.59 Å². The molecule has 0 atom stereocenters. The minimum absolute atomic E-state index is 0.0776. The van der Waals surface area contributed by atoms with Crippen LogP contribution in [0.15, 0.2) is 12.3 Å². The van der Waals surface area contributed by atoms with Crippen molar-refractivity contribution in [2.45, 2.75) is 32.6 Å². The molecule has 0 saturated carbocycles. The average molecular weight is 186 g/mol. The van der Waals surface area contributed by atoms with Gasteiger partial charge in [-0.3, -0.25) is 9.59 Å². The van der Waals surface area contributed by atoms with Crippen molar-refractivity contribution in [3.8, 4) is 0 Å². The van der Waals surface area contributed by atoms with E-state index in [1.165, 1.54) is 6.26 Å². The number of rotatable bonds is 6. The highest BCUT2D eigenvalue weighted by Gasteiger charge is 2.04. The zero-order valence-electron chi connectivity index (χ0n) is 7.66. The van der Waals surface area contributed by atoms with Gasteiger partial charge in [-0.1, -0.05) is 13.3 Å². The monoisotopic (exact) mass is 186 g/mol. The zero-order valence-corrected chi connectivity index (χ0v) is 7.66. The van der Waals surface area contributed by atoms with Crippen molar-refractivity contribution < 1.29 is 19.4 Å². The summed E-state index contributed by atoms with van der Waals surface area (Å²) in [5, 5.41) is 8.25. The molecule has 1 N–H and O–H groups in total. The van der Waals surface area contributed by atoms with Crippen LogP contribution in [0.3, 0.4) is 0 Å². The summed E-state index contributed by atoms with van der Waals surface area (Å²) in [6.07, 6.45) is 4.63. The van der Waals surface area contributed by atoms with E-state index in [-0.39, 0.29) is 12.8 Å². The molecule has 0 aliphatic heterocycles. The van der Waals surface area contributed by atoms with Gasteiger partial charge < -0.3 is 9.84 Å². The molecule has 0 saturated heterocycles. The molecule has 0 amide bonds. The summed E-state index contributed by atoms with van der Waals surface area (Å²) in [5.41, 5.74) is 0. The maximum absolute atomic E-state index is 10.8. The van der Waals surface area contributed by atoms with E-state index in [2.05, 4.69) is 4.74 Å². The fraction of sp³-hybridized carbons (Fsp3) is 0.556. The van der Waals surface area contributed by atoms with Crippen molar-refractivity contribution in [3.05, 3.63) is 12.3 Å². The van der Waals surface area contributed by atoms with Gasteiger partial charge in [0.05, 0.1) is 19.1 Å². The Labute approximate surface area is 77.2 Å². The fourth-order valence-electron chi connectivity index (χ4n) is 0.627. The molecule has 0 fully saturated rings. The molecule has 0 aliphatic carbocycles. The number of hydrogen-bond donors (Lipinski definition) is 1. The molecular weight excluding hydrogens is 172 g/mol. The third-order valence-corrected chi connectivity index (χ3v) is 1.29. The molecule has 0 rings (SSSR count). The molecule has 0 aromatic carbocycles. The minimum atomic E-state index is -0.991. The lowest BCUT2D eigenvalue weighted by atomic mass is 10.3. The lowest BCUT2D eigenvalue weighted by Gasteiger charge is -1.95. The summed E-state index contributed by atoms with van der Waals surface area (Å²) in [7, 11) is 0. The SMILES string of the molecule is CCCC=COC(=O)CCC(=O)O. The van der Waals surface area contributed by atoms with Crippen LogP contribution in [0.25, 0.3) is 0 Å². The van der Waals surface area contributed by atoms with E-state index in [0.717, 1.165) is 12.8 Å². The molecule has 0 aliphatic rings. The molecular formula is C9H14O4. The van der Waals surface area contributed by atoms with Crippen LogP contribution in [-0.2, 0) is 14.3 Å². The highest BCUT2D eigenvalue weighted by molar-refractivity contribution is 5.76. The molecule has 4 heteroatoms. The molecule has 0 unspecified atom stereocenters. The first kappa shape index (κ1) is 11.7. The van der Waals surface area contributed by atoms with Gasteiger partial charge in [-0.2, -0.15) is 0 Å². The van der Waals surface area contributed by atoms with Crippen molar-refractivity contribution in [3.63, 3.8) is 0 Å². The normalized spacial score (nSPS) is 10.2. The Kier molecular flexibility index (Phi) is 6.59. The Bertz CT molecular complexity index is 196. The van der Waals surface area contributed by atoms with Gasteiger partial charge in [0.2, 0.25) is 0 Å². The van der Waals surface area contributed by atoms with Gasteiger partial charge in [0.25, 0.3) is 0 Å². The second-order valence-electron chi connectivity index (χ2n) is 2.54. The van der Waals surface area contributed by atoms with E-state index < -0.39 is 11.9 Å². The van der Waals surface area contributed by atoms with Crippen LogP contribution >= 0.6 is 0 Å². The highest BCUT2D eigenvalue weighted by Crippen LogP contribution is 1.95. The van der Waals surface area contributed by atoms with E-state index >= 15 is 0 Å². The first-order valence-corrected chi connectivity index (χ1v) is 4.23. The van der Waals surface area contributed by atoms with Crippen molar-refractivity contribution in [1.29, 1.82) is 0 Å². The molecule has 13 heavy (non-hydrogen) atoms. The van der Waals surface area contributed by atoms with Crippen LogP contribution in [0.5, 0.6) is 0 Å². The summed E-state index contributed by atoms with van der Waals surface area (Å²) in [6, 6.07) is 0. The average Bonchev–Trinajstić information content (AvgIpc) is 2.09. The number of unbranched alkanes of at least 4 members (excludes halogenated alkanes) is 1. The van der Waals surface area contributed by atoms with Crippen LogP contribution in [-0.4, -0.2) is 17.0 Å². The van der Waals surface area contributed by atoms with Crippen molar-refractivity contribution in [1.82, 2.24) is 0 Å². The highest BCUT2D eigenvalue weighted by atomic mass is 16.5. The van der Waals surface area contributed by atoms with Crippen molar-refractivity contribution in [2.24, 2.45) is 0 Å². The lowest BCUT2D eigenvalue weighted by molar-refractivity contribution is -0.144. The summed E-state index contributed by atoms with van der Waals surface area (Å²) in [5.74, 6) is -1.50. The molecule has 0 aromatic rings. The third kappa shape index (κ3) is 8.59. The van der Waals surface area contributed by atoms with Crippen LogP contribution in [0.4, 0.5) is 0 Å². The Balaban J connectivity index is 3.45. The predicted octanol–water partition coefficient (Wildman–Crippen LogP) is 1.71. The molecule has 0 spiro atoms. The molecule has 4 nitrogen and oxygen atoms in total. The van der Waals surface area contributed by atoms with Gasteiger partial charge in [-0.05, 0) is 12.5 Å². The second-order valence-corrected chi connectivity index (χ2v) is 2.54. The first-order chi connectivity index (χ1) is 6.16. The summed E-state index contributed by atoms with van der Waals surface area (Å²) < 4.78 is 4.61. The molecule has 0 bridgehead atoms. The van der Waals surface area contributed by atoms with Gasteiger partial charge >= 0.3 is 11.9 Å². The Morgan fingerprint density at radius 3 is 2.62 bits per heavy atom. The predicted molar refractivity (Wildman–Crippen MR) is 47.0 cm³/mol. The number of carbonyl (C=O) groups excluding carboxylic acids is 1. The van der Waals surface area contributed by atoms with Gasteiger partial charge in [0.15, 0.2) is 0 Å². The van der Waals surface area contributed by atoms with Crippen molar-refractivity contribution >= 4 is 11.9 Å². The van der Waals surface area contributed by atoms with Gasteiger partial charge in [0, 0.05) is 0 Å². The largest absolute Gasteiger partial charge is 0.481 e. The van der Waals surface area contributed by atoms with Crippen LogP contribution in [0.2, 0.25) is 0 Å². The fourth-order valence-corrected chi connectivity index (χ4v) is 0.627. The summed E-state index contributed by atoms with van der Waals surface area (Å²) in [6.45, 7) is 2.01. The number of aliphatic carboxylic acids is 1. The third-order valence-electron chi connectivity index (χ3n) is 1.29. The smallest absolute Gasteiger partial charge is 0.311 e. The zero-order chi connectivity index (χ0) is 10.1. The Morgan fingerprint density at radius 2 is 2.08 bits per heavy atom. The van der Waals surface area contributed by atoms with Gasteiger partial charge in [0.1, 0.15) is 0 Å². The number of carbonyl (C=O) groups is 2. The molecule has 0 aromatic heterocycles. The number of allylic oxidation sites excluding steroid dienone is 1.